The Hall–Kier alpha value is -15.3. The lowest BCUT2D eigenvalue weighted by atomic mass is 9.87. The Morgan fingerprint density at radius 3 is 0.935 bits per heavy atom. The zero-order valence-corrected chi connectivity index (χ0v) is 58.1. The molecule has 0 amide bonds. The molecule has 20 rings (SSSR count). The number of nitriles is 4. The maximum absolute atomic E-state index is 11.6. The van der Waals surface area contributed by atoms with Gasteiger partial charge in [0.15, 0.2) is 0 Å². The molecular weight excluding hydrogens is 1310 g/mol. The molecule has 0 aliphatic carbocycles. The van der Waals surface area contributed by atoms with E-state index in [1.807, 2.05) is 48.5 Å². The van der Waals surface area contributed by atoms with Crippen LogP contribution in [0.25, 0.3) is 188 Å². The number of hydrogen-bond donors (Lipinski definition) is 0. The fourth-order valence-electron chi connectivity index (χ4n) is 16.8. The molecule has 0 aliphatic heterocycles. The average Bonchev–Trinajstić information content (AvgIpc) is 1.54. The predicted molar refractivity (Wildman–Crippen MR) is 441 cm³/mol. The third-order valence-electron chi connectivity index (χ3n) is 21.7. The van der Waals surface area contributed by atoms with Gasteiger partial charge in [-0.15, -0.1) is 0 Å². The van der Waals surface area contributed by atoms with Gasteiger partial charge in [0.2, 0.25) is 0 Å². The highest BCUT2D eigenvalue weighted by molar-refractivity contribution is 6.18. The Balaban J connectivity index is 0.896. The lowest BCUT2D eigenvalue weighted by molar-refractivity contribution is 1.09. The second-order valence-corrected chi connectivity index (χ2v) is 27.5. The fraction of sp³-hybridized carbons (Fsp3) is 0. The minimum atomic E-state index is 0.458. The zero-order valence-electron chi connectivity index (χ0n) is 58.1. The van der Waals surface area contributed by atoms with Gasteiger partial charge in [-0.1, -0.05) is 237 Å². The summed E-state index contributed by atoms with van der Waals surface area (Å²) in [6.45, 7) is 0. The lowest BCUT2D eigenvalue weighted by Gasteiger charge is -2.21. The summed E-state index contributed by atoms with van der Waals surface area (Å²) in [5, 5.41) is 52.4. The van der Waals surface area contributed by atoms with E-state index in [0.29, 0.717) is 33.4 Å². The Bertz CT molecular complexity index is 7330. The molecule has 0 unspecified atom stereocenters. The van der Waals surface area contributed by atoms with Gasteiger partial charge in [0.25, 0.3) is 0 Å². The van der Waals surface area contributed by atoms with Gasteiger partial charge >= 0.3 is 0 Å². The summed E-state index contributed by atoms with van der Waals surface area (Å²) < 4.78 is 9.45. The van der Waals surface area contributed by atoms with Gasteiger partial charge in [0, 0.05) is 54.2 Å². The highest BCUT2D eigenvalue weighted by atomic mass is 15.1. The van der Waals surface area contributed by atoms with Crippen molar-refractivity contribution in [3.05, 3.63) is 374 Å². The van der Waals surface area contributed by atoms with Crippen LogP contribution in [0, 0.1) is 45.3 Å². The molecule has 0 bridgehead atoms. The molecule has 8 nitrogen and oxygen atoms in total. The molecule has 4 heterocycles. The number of benzene rings is 16. The second kappa shape index (κ2) is 25.3. The first kappa shape index (κ1) is 62.5. The maximum atomic E-state index is 11.6. The zero-order chi connectivity index (χ0) is 72.1. The summed E-state index contributed by atoms with van der Waals surface area (Å²) in [5.74, 6) is 0. The van der Waals surface area contributed by atoms with E-state index in [1.165, 1.54) is 0 Å². The van der Waals surface area contributed by atoms with E-state index in [-0.39, 0.29) is 0 Å². The van der Waals surface area contributed by atoms with Crippen LogP contribution in [0.4, 0.5) is 0 Å². The Morgan fingerprint density at radius 1 is 0.167 bits per heavy atom. The van der Waals surface area contributed by atoms with Crippen LogP contribution >= 0.6 is 0 Å². The molecular formula is C100H58N8. The molecule has 0 radical (unpaired) electrons. The first-order chi connectivity index (χ1) is 53.4. The average molecular weight is 1370 g/mol. The van der Waals surface area contributed by atoms with Crippen molar-refractivity contribution in [2.24, 2.45) is 0 Å². The summed E-state index contributed by atoms with van der Waals surface area (Å²) in [4.78, 5) is 0. The molecule has 0 aliphatic rings. The normalized spacial score (nSPS) is 11.5. The third kappa shape index (κ3) is 9.95. The fourth-order valence-corrected chi connectivity index (χ4v) is 16.8. The lowest BCUT2D eigenvalue weighted by Crippen LogP contribution is -2.06. The molecule has 0 saturated heterocycles. The van der Waals surface area contributed by atoms with Crippen molar-refractivity contribution < 1.29 is 0 Å². The van der Waals surface area contributed by atoms with E-state index in [1.54, 1.807) is 12.1 Å². The highest BCUT2D eigenvalue weighted by Gasteiger charge is 2.29. The monoisotopic (exact) mass is 1370 g/mol. The van der Waals surface area contributed by atoms with Crippen LogP contribution in [0.5, 0.6) is 0 Å². The van der Waals surface area contributed by atoms with E-state index < -0.39 is 0 Å². The number of aromatic nitrogens is 4. The first-order valence-electron chi connectivity index (χ1n) is 36.0. The number of nitrogens with zero attached hydrogens (tertiary/aromatic N) is 8. The summed E-state index contributed by atoms with van der Waals surface area (Å²) in [6, 6.07) is 133. The Kier molecular flexibility index (Phi) is 14.6. The minimum Gasteiger partial charge on any atom is -0.307 e. The van der Waals surface area contributed by atoms with Crippen LogP contribution in [0.2, 0.25) is 0 Å². The number of fused-ring (bicyclic) bond motifs is 12. The Labute approximate surface area is 621 Å². The van der Waals surface area contributed by atoms with E-state index in [9.17, 15) is 21.0 Å². The molecule has 0 spiro atoms. The molecule has 8 heteroatoms. The minimum absolute atomic E-state index is 0.458. The summed E-state index contributed by atoms with van der Waals surface area (Å²) in [6.07, 6.45) is 0. The van der Waals surface area contributed by atoms with Crippen molar-refractivity contribution in [1.29, 1.82) is 21.0 Å². The van der Waals surface area contributed by atoms with Gasteiger partial charge in [0.1, 0.15) is 0 Å². The molecule has 108 heavy (non-hydrogen) atoms. The molecule has 498 valence electrons. The van der Waals surface area contributed by atoms with Gasteiger partial charge < -0.3 is 18.3 Å². The van der Waals surface area contributed by atoms with Gasteiger partial charge in [-0.3, -0.25) is 0 Å². The highest BCUT2D eigenvalue weighted by Crippen LogP contribution is 2.50. The third-order valence-corrected chi connectivity index (χ3v) is 21.7. The van der Waals surface area contributed by atoms with E-state index in [0.717, 1.165) is 177 Å². The Morgan fingerprint density at radius 2 is 0.481 bits per heavy atom. The quantitative estimate of drug-likeness (QED) is 0.128. The molecule has 0 saturated carbocycles. The van der Waals surface area contributed by atoms with Crippen molar-refractivity contribution in [3.63, 3.8) is 0 Å². The molecule has 0 fully saturated rings. The summed E-state index contributed by atoms with van der Waals surface area (Å²) in [7, 11) is 0. The second-order valence-electron chi connectivity index (χ2n) is 27.5. The van der Waals surface area contributed by atoms with Gasteiger partial charge in [-0.25, -0.2) is 0 Å². The van der Waals surface area contributed by atoms with Crippen LogP contribution in [-0.4, -0.2) is 18.3 Å². The van der Waals surface area contributed by atoms with Crippen molar-refractivity contribution >= 4 is 87.2 Å². The smallest absolute Gasteiger partial charge is 0.0998 e. The van der Waals surface area contributed by atoms with Crippen LogP contribution in [0.15, 0.2) is 352 Å². The molecule has 0 N–H and O–H groups in total. The SMILES string of the molecule is N#Cc1cccc(-c2cc(-n3c4ccccc4c4cc(-c5ccccc5)ccc43)c(-n3c4ccccc4c4cc(-c5ccccc5)c(-c5cc6c7ccccc7n(-c7cc(C#N)c(-c8cccc(C#N)c8)cc7-n7c8ccccc8c8ccc(-c9ccccc9)cc87)c6cc5-c5ccccc5)cc43)cc2C#N)c1. The maximum Gasteiger partial charge on any atom is 0.0998 e. The number of para-hydroxylation sites is 4. The summed E-state index contributed by atoms with van der Waals surface area (Å²) in [5.41, 5.74) is 26.3. The van der Waals surface area contributed by atoms with Crippen LogP contribution < -0.4 is 0 Å². The predicted octanol–water partition coefficient (Wildman–Crippen LogP) is 25.2. The first-order valence-corrected chi connectivity index (χ1v) is 36.0. The van der Waals surface area contributed by atoms with Crippen molar-refractivity contribution in [3.8, 4) is 125 Å². The van der Waals surface area contributed by atoms with Crippen molar-refractivity contribution in [2.45, 2.75) is 0 Å². The molecule has 0 atom stereocenters. The topological polar surface area (TPSA) is 115 Å². The number of rotatable bonds is 11. The van der Waals surface area contributed by atoms with Crippen molar-refractivity contribution in [1.82, 2.24) is 18.3 Å². The van der Waals surface area contributed by atoms with Crippen molar-refractivity contribution in [2.75, 3.05) is 0 Å². The largest absolute Gasteiger partial charge is 0.307 e. The van der Waals surface area contributed by atoms with Crippen LogP contribution in [0.3, 0.4) is 0 Å². The number of hydrogen-bond acceptors (Lipinski definition) is 4. The van der Waals surface area contributed by atoms with E-state index in [2.05, 4.69) is 334 Å². The molecule has 4 aromatic heterocycles. The molecule has 20 aromatic rings. The van der Waals surface area contributed by atoms with Gasteiger partial charge in [-0.05, 0) is 182 Å². The van der Waals surface area contributed by atoms with Gasteiger partial charge in [0.05, 0.1) is 113 Å². The van der Waals surface area contributed by atoms with E-state index >= 15 is 0 Å². The molecule has 16 aromatic carbocycles. The standard InChI is InChI=1S/C100H58N8/c101-59-63-23-21-33-71(47-63)80-55-99(105-90-40-18-14-36-76(90)86-49-69(44-46-93(86)105)65-25-5-1-6-26-65)97(51-73(80)61-103)108-91-41-19-15-37-77(91)87-53-82(67-29-9-3-10-30-67)85(58-96(87)108)84-54-88-78-38-16-20-42-92(78)107(95(88)57-83(84)68-31-11-4-12-32-68)98-52-74(62-104)81(72-34-22-24-64(48-72)60-102)56-100(98)106-89-39-17-13-35-75(89)79-45-43-70(50-94(79)106)66-27-7-2-8-28-66/h1-58H. The summed E-state index contributed by atoms with van der Waals surface area (Å²) >= 11 is 0. The van der Waals surface area contributed by atoms with E-state index in [4.69, 9.17) is 0 Å². The van der Waals surface area contributed by atoms with Crippen LogP contribution in [-0.2, 0) is 0 Å². The van der Waals surface area contributed by atoms with Crippen LogP contribution in [0.1, 0.15) is 22.3 Å². The van der Waals surface area contributed by atoms with Gasteiger partial charge in [-0.2, -0.15) is 21.0 Å².